The van der Waals surface area contributed by atoms with Gasteiger partial charge in [-0.05, 0) is 20.8 Å². The normalized spacial score (nSPS) is 12.0. The summed E-state index contributed by atoms with van der Waals surface area (Å²) >= 11 is 0. The van der Waals surface area contributed by atoms with Gasteiger partial charge < -0.3 is 15.0 Å². The Balaban J connectivity index is 2.77. The van der Waals surface area contributed by atoms with Crippen LogP contribution >= 0.6 is 0 Å². The Kier molecular flexibility index (Phi) is 2.22. The van der Waals surface area contributed by atoms with Gasteiger partial charge in [0.15, 0.2) is 11.2 Å². The van der Waals surface area contributed by atoms with E-state index in [4.69, 9.17) is 10.5 Å². The molecule has 2 aromatic heterocycles. The highest BCUT2D eigenvalue weighted by molar-refractivity contribution is 5.77. The molecule has 0 saturated heterocycles. The summed E-state index contributed by atoms with van der Waals surface area (Å²) in [7, 11) is 1.54. The van der Waals surface area contributed by atoms with Crippen molar-refractivity contribution in [3.8, 4) is 5.88 Å². The van der Waals surface area contributed by atoms with Gasteiger partial charge in [-0.1, -0.05) is 0 Å². The van der Waals surface area contributed by atoms with E-state index >= 15 is 0 Å². The summed E-state index contributed by atoms with van der Waals surface area (Å²) < 4.78 is 7.07. The van der Waals surface area contributed by atoms with Crippen LogP contribution in [0.25, 0.3) is 11.2 Å². The second-order valence-electron chi connectivity index (χ2n) is 4.55. The summed E-state index contributed by atoms with van der Waals surface area (Å²) in [5.41, 5.74) is 6.84. The fraction of sp³-hybridized carbons (Fsp3) is 0.500. The van der Waals surface area contributed by atoms with Crippen LogP contribution in [0.1, 0.15) is 20.8 Å². The highest BCUT2D eigenvalue weighted by Gasteiger charge is 2.20. The lowest BCUT2D eigenvalue weighted by atomic mass is 10.1. The standard InChI is InChI=1S/C10H15N5O/c1-10(2,3)15-5-12-6-7(15)13-9(11)14-8(6)16-4/h5H,1-4H3,(H2,11,13,14). The van der Waals surface area contributed by atoms with Crippen molar-refractivity contribution >= 4 is 17.1 Å². The molecule has 0 unspecified atom stereocenters. The lowest BCUT2D eigenvalue weighted by molar-refractivity contribution is 0.399. The van der Waals surface area contributed by atoms with Crippen LogP contribution in [0.5, 0.6) is 5.88 Å². The molecular weight excluding hydrogens is 206 g/mol. The number of ether oxygens (including phenoxy) is 1. The number of aromatic nitrogens is 4. The number of anilines is 1. The number of imidazole rings is 1. The van der Waals surface area contributed by atoms with Crippen molar-refractivity contribution in [1.82, 2.24) is 19.5 Å². The lowest BCUT2D eigenvalue weighted by Gasteiger charge is -2.20. The topological polar surface area (TPSA) is 78.8 Å². The summed E-state index contributed by atoms with van der Waals surface area (Å²) in [6.07, 6.45) is 1.72. The molecule has 0 aromatic carbocycles. The minimum absolute atomic E-state index is 0.111. The maximum Gasteiger partial charge on any atom is 0.246 e. The van der Waals surface area contributed by atoms with Crippen molar-refractivity contribution in [1.29, 1.82) is 0 Å². The largest absolute Gasteiger partial charge is 0.479 e. The van der Waals surface area contributed by atoms with Gasteiger partial charge in [-0.25, -0.2) is 4.98 Å². The molecule has 6 heteroatoms. The molecular formula is C10H15N5O. The minimum atomic E-state index is -0.111. The molecule has 6 nitrogen and oxygen atoms in total. The van der Waals surface area contributed by atoms with Crippen molar-refractivity contribution in [2.75, 3.05) is 12.8 Å². The molecule has 16 heavy (non-hydrogen) atoms. The van der Waals surface area contributed by atoms with Gasteiger partial charge in [0.25, 0.3) is 0 Å². The van der Waals surface area contributed by atoms with Crippen molar-refractivity contribution in [3.63, 3.8) is 0 Å². The van der Waals surface area contributed by atoms with Crippen LogP contribution in [0, 0.1) is 0 Å². The number of nitrogens with two attached hydrogens (primary N) is 1. The van der Waals surface area contributed by atoms with E-state index in [1.54, 1.807) is 6.33 Å². The Morgan fingerprint density at radius 3 is 2.56 bits per heavy atom. The van der Waals surface area contributed by atoms with Crippen LogP contribution in [0.3, 0.4) is 0 Å². The van der Waals surface area contributed by atoms with Crippen LogP contribution in [-0.2, 0) is 5.54 Å². The van der Waals surface area contributed by atoms with E-state index < -0.39 is 0 Å². The zero-order valence-electron chi connectivity index (χ0n) is 9.85. The Hall–Kier alpha value is -1.85. The van der Waals surface area contributed by atoms with E-state index in [0.29, 0.717) is 17.0 Å². The Morgan fingerprint density at radius 1 is 1.31 bits per heavy atom. The van der Waals surface area contributed by atoms with Crippen LogP contribution in [0.2, 0.25) is 0 Å². The number of fused-ring (bicyclic) bond motifs is 1. The summed E-state index contributed by atoms with van der Waals surface area (Å²) in [6, 6.07) is 0. The second-order valence-corrected chi connectivity index (χ2v) is 4.55. The van der Waals surface area contributed by atoms with Crippen molar-refractivity contribution in [2.45, 2.75) is 26.3 Å². The average Bonchev–Trinajstić information content (AvgIpc) is 2.58. The smallest absolute Gasteiger partial charge is 0.246 e. The molecule has 0 fully saturated rings. The first-order valence-corrected chi connectivity index (χ1v) is 4.98. The molecule has 0 bridgehead atoms. The fourth-order valence-corrected chi connectivity index (χ4v) is 1.52. The number of hydrogen-bond acceptors (Lipinski definition) is 5. The highest BCUT2D eigenvalue weighted by Crippen LogP contribution is 2.25. The number of rotatable bonds is 1. The molecule has 0 radical (unpaired) electrons. The third kappa shape index (κ3) is 1.56. The predicted octanol–water partition coefficient (Wildman–Crippen LogP) is 1.17. The monoisotopic (exact) mass is 221 g/mol. The number of methoxy groups -OCH3 is 1. The van der Waals surface area contributed by atoms with Crippen LogP contribution in [0.4, 0.5) is 5.95 Å². The molecule has 2 aromatic rings. The molecule has 86 valence electrons. The van der Waals surface area contributed by atoms with E-state index in [-0.39, 0.29) is 11.5 Å². The maximum absolute atomic E-state index is 5.63. The van der Waals surface area contributed by atoms with E-state index in [1.165, 1.54) is 7.11 Å². The summed E-state index contributed by atoms with van der Waals surface area (Å²) in [5.74, 6) is 0.598. The first-order valence-electron chi connectivity index (χ1n) is 4.98. The molecule has 0 aliphatic carbocycles. The molecule has 0 atom stereocenters. The molecule has 0 spiro atoms. The summed E-state index contributed by atoms with van der Waals surface area (Å²) in [6.45, 7) is 6.21. The first-order chi connectivity index (χ1) is 7.43. The van der Waals surface area contributed by atoms with Crippen molar-refractivity contribution < 1.29 is 4.74 Å². The fourth-order valence-electron chi connectivity index (χ4n) is 1.52. The number of nitrogens with zero attached hydrogens (tertiary/aromatic N) is 4. The third-order valence-corrected chi connectivity index (χ3v) is 2.30. The zero-order valence-corrected chi connectivity index (χ0v) is 9.85. The van der Waals surface area contributed by atoms with E-state index in [9.17, 15) is 0 Å². The van der Waals surface area contributed by atoms with Gasteiger partial charge in [0.2, 0.25) is 11.8 Å². The SMILES string of the molecule is COc1nc(N)nc2c1ncn2C(C)(C)C. The molecule has 2 heterocycles. The third-order valence-electron chi connectivity index (χ3n) is 2.30. The van der Waals surface area contributed by atoms with Gasteiger partial charge in [-0.15, -0.1) is 0 Å². The van der Waals surface area contributed by atoms with E-state index in [0.717, 1.165) is 0 Å². The highest BCUT2D eigenvalue weighted by atomic mass is 16.5. The average molecular weight is 221 g/mol. The van der Waals surface area contributed by atoms with Gasteiger partial charge in [0.1, 0.15) is 0 Å². The number of nitrogen functional groups attached to an aromatic ring is 1. The van der Waals surface area contributed by atoms with Gasteiger partial charge in [0.05, 0.1) is 13.4 Å². The summed E-state index contributed by atoms with van der Waals surface area (Å²) in [4.78, 5) is 12.4. The number of hydrogen-bond donors (Lipinski definition) is 1. The molecule has 2 N–H and O–H groups in total. The van der Waals surface area contributed by atoms with Crippen molar-refractivity contribution in [3.05, 3.63) is 6.33 Å². The van der Waals surface area contributed by atoms with E-state index in [2.05, 4.69) is 35.7 Å². The van der Waals surface area contributed by atoms with Crippen molar-refractivity contribution in [2.24, 2.45) is 0 Å². The first kappa shape index (κ1) is 10.7. The molecule has 0 amide bonds. The van der Waals surface area contributed by atoms with E-state index in [1.807, 2.05) is 4.57 Å². The predicted molar refractivity (Wildman–Crippen MR) is 61.3 cm³/mol. The molecule has 0 aliphatic heterocycles. The molecule has 0 aliphatic rings. The van der Waals surface area contributed by atoms with Crippen LogP contribution in [0.15, 0.2) is 6.33 Å². The van der Waals surface area contributed by atoms with Gasteiger partial charge in [-0.2, -0.15) is 9.97 Å². The zero-order chi connectivity index (χ0) is 11.9. The lowest BCUT2D eigenvalue weighted by Crippen LogP contribution is -2.21. The van der Waals surface area contributed by atoms with Crippen LogP contribution in [-0.4, -0.2) is 26.6 Å². The minimum Gasteiger partial charge on any atom is -0.479 e. The summed E-state index contributed by atoms with van der Waals surface area (Å²) in [5, 5.41) is 0. The van der Waals surface area contributed by atoms with Crippen LogP contribution < -0.4 is 10.5 Å². The molecule has 2 rings (SSSR count). The maximum atomic E-state index is 5.63. The van der Waals surface area contributed by atoms with Gasteiger partial charge in [0, 0.05) is 5.54 Å². The second kappa shape index (κ2) is 3.33. The quantitative estimate of drug-likeness (QED) is 0.782. The van der Waals surface area contributed by atoms with Gasteiger partial charge in [-0.3, -0.25) is 0 Å². The Bertz CT molecular complexity index is 526. The Morgan fingerprint density at radius 2 is 2.00 bits per heavy atom. The molecule has 0 saturated carbocycles. The Labute approximate surface area is 93.5 Å². The van der Waals surface area contributed by atoms with Gasteiger partial charge >= 0.3 is 0 Å².